The second kappa shape index (κ2) is 8.21. The Labute approximate surface area is 155 Å². The molecule has 2 aliphatic rings. The van der Waals surface area contributed by atoms with Crippen LogP contribution in [0.2, 0.25) is 0 Å². The molecule has 2 N–H and O–H groups in total. The van der Waals surface area contributed by atoms with Gasteiger partial charge in [0.25, 0.3) is 0 Å². The fraction of sp³-hybridized carbons (Fsp3) is 0.619. The van der Waals surface area contributed by atoms with Gasteiger partial charge in [0, 0.05) is 19.5 Å². The molecule has 3 rings (SSSR count). The third-order valence-electron chi connectivity index (χ3n) is 6.24. The molecular formula is C21H29NO4. The molecule has 0 aromatic heterocycles. The van der Waals surface area contributed by atoms with Crippen molar-refractivity contribution >= 4 is 11.9 Å². The van der Waals surface area contributed by atoms with Crippen molar-refractivity contribution in [2.45, 2.75) is 57.5 Å². The monoisotopic (exact) mass is 359 g/mol. The van der Waals surface area contributed by atoms with Crippen LogP contribution in [0, 0.1) is 11.3 Å². The van der Waals surface area contributed by atoms with Crippen LogP contribution in [0.15, 0.2) is 30.3 Å². The number of carbonyl (C=O) groups excluding carboxylic acids is 1. The molecule has 1 heterocycles. The van der Waals surface area contributed by atoms with Crippen LogP contribution in [0.4, 0.5) is 0 Å². The summed E-state index contributed by atoms with van der Waals surface area (Å²) >= 11 is 0. The number of nitrogens with zero attached hydrogens (tertiary/aromatic N) is 1. The Hall–Kier alpha value is -1.88. The van der Waals surface area contributed by atoms with Crippen LogP contribution in [0.5, 0.6) is 0 Å². The molecular weight excluding hydrogens is 330 g/mol. The van der Waals surface area contributed by atoms with Gasteiger partial charge >= 0.3 is 5.97 Å². The van der Waals surface area contributed by atoms with Gasteiger partial charge < -0.3 is 15.1 Å². The number of piperidine rings is 1. The minimum Gasteiger partial charge on any atom is -0.481 e. The number of hydrogen-bond acceptors (Lipinski definition) is 3. The molecule has 26 heavy (non-hydrogen) atoms. The molecule has 0 bridgehead atoms. The van der Waals surface area contributed by atoms with Gasteiger partial charge in [-0.05, 0) is 30.7 Å². The van der Waals surface area contributed by atoms with Crippen LogP contribution in [-0.2, 0) is 16.0 Å². The second-order valence-electron chi connectivity index (χ2n) is 7.92. The Balaban J connectivity index is 1.61. The van der Waals surface area contributed by atoms with Gasteiger partial charge in [0.1, 0.15) is 5.41 Å². The first-order chi connectivity index (χ1) is 12.5. The van der Waals surface area contributed by atoms with E-state index in [2.05, 4.69) is 0 Å². The minimum absolute atomic E-state index is 0.0506. The van der Waals surface area contributed by atoms with E-state index in [-0.39, 0.29) is 25.3 Å². The Morgan fingerprint density at radius 1 is 1.15 bits per heavy atom. The molecule has 1 aromatic carbocycles. The number of carboxylic acid groups (broad SMARTS) is 1. The zero-order chi connectivity index (χ0) is 18.6. The molecule has 5 heteroatoms. The van der Waals surface area contributed by atoms with E-state index in [1.807, 2.05) is 30.3 Å². The summed E-state index contributed by atoms with van der Waals surface area (Å²) in [6, 6.07) is 9.41. The highest BCUT2D eigenvalue weighted by Crippen LogP contribution is 2.36. The molecule has 2 fully saturated rings. The zero-order valence-corrected chi connectivity index (χ0v) is 15.3. The highest BCUT2D eigenvalue weighted by atomic mass is 16.4. The molecule has 142 valence electrons. The third kappa shape index (κ3) is 4.09. The average Bonchev–Trinajstić information content (AvgIpc) is 3.15. The normalized spacial score (nSPS) is 26.8. The number of carboxylic acids is 1. The fourth-order valence-electron chi connectivity index (χ4n) is 4.48. The van der Waals surface area contributed by atoms with Crippen molar-refractivity contribution in [1.29, 1.82) is 0 Å². The summed E-state index contributed by atoms with van der Waals surface area (Å²) < 4.78 is 0. The number of hydrogen-bond donors (Lipinski definition) is 2. The Bertz CT molecular complexity index is 626. The lowest BCUT2D eigenvalue weighted by Crippen LogP contribution is -2.57. The van der Waals surface area contributed by atoms with Gasteiger partial charge in [0.05, 0.1) is 6.10 Å². The van der Waals surface area contributed by atoms with Gasteiger partial charge in [-0.15, -0.1) is 0 Å². The largest absolute Gasteiger partial charge is 0.481 e. The van der Waals surface area contributed by atoms with Crippen molar-refractivity contribution in [1.82, 2.24) is 4.90 Å². The molecule has 1 aliphatic carbocycles. The lowest BCUT2D eigenvalue weighted by Gasteiger charge is -2.43. The van der Waals surface area contributed by atoms with Crippen LogP contribution < -0.4 is 0 Å². The van der Waals surface area contributed by atoms with E-state index < -0.39 is 17.5 Å². The van der Waals surface area contributed by atoms with Crippen LogP contribution in [0.3, 0.4) is 0 Å². The summed E-state index contributed by atoms with van der Waals surface area (Å²) in [4.78, 5) is 26.2. The van der Waals surface area contributed by atoms with E-state index in [4.69, 9.17) is 0 Å². The van der Waals surface area contributed by atoms with Crippen molar-refractivity contribution in [3.8, 4) is 0 Å². The van der Waals surface area contributed by atoms with Crippen molar-refractivity contribution in [3.63, 3.8) is 0 Å². The number of amides is 1. The minimum atomic E-state index is -1.22. The van der Waals surface area contributed by atoms with Gasteiger partial charge in [-0.3, -0.25) is 9.59 Å². The fourth-order valence-corrected chi connectivity index (χ4v) is 4.48. The van der Waals surface area contributed by atoms with Crippen molar-refractivity contribution in [3.05, 3.63) is 35.9 Å². The molecule has 0 radical (unpaired) electrons. The molecule has 5 nitrogen and oxygen atoms in total. The Morgan fingerprint density at radius 3 is 2.46 bits per heavy atom. The predicted octanol–water partition coefficient (Wildman–Crippen LogP) is 2.86. The zero-order valence-electron chi connectivity index (χ0n) is 15.3. The number of aliphatic carboxylic acids is 1. The van der Waals surface area contributed by atoms with Crippen LogP contribution in [0.1, 0.15) is 50.5 Å². The summed E-state index contributed by atoms with van der Waals surface area (Å²) in [5.74, 6) is -0.272. The number of β-amino-alcohol motifs (C(OH)–C–C–N with tert-alkyl or cyclic N) is 1. The van der Waals surface area contributed by atoms with Gasteiger partial charge in [0.2, 0.25) is 5.91 Å². The van der Waals surface area contributed by atoms with Gasteiger partial charge in [0.15, 0.2) is 0 Å². The molecule has 0 spiro atoms. The topological polar surface area (TPSA) is 77.8 Å². The lowest BCUT2D eigenvalue weighted by atomic mass is 9.71. The van der Waals surface area contributed by atoms with E-state index in [1.54, 1.807) is 4.90 Å². The van der Waals surface area contributed by atoms with Crippen LogP contribution >= 0.6 is 0 Å². The highest BCUT2D eigenvalue weighted by molar-refractivity contribution is 5.79. The molecule has 1 aliphatic heterocycles. The van der Waals surface area contributed by atoms with E-state index in [9.17, 15) is 19.8 Å². The first-order valence-corrected chi connectivity index (χ1v) is 9.74. The van der Waals surface area contributed by atoms with Crippen molar-refractivity contribution in [2.24, 2.45) is 11.3 Å². The van der Waals surface area contributed by atoms with Gasteiger partial charge in [-0.25, -0.2) is 0 Å². The maximum absolute atomic E-state index is 12.5. The highest BCUT2D eigenvalue weighted by Gasteiger charge is 2.49. The lowest BCUT2D eigenvalue weighted by molar-refractivity contribution is -0.166. The second-order valence-corrected chi connectivity index (χ2v) is 7.92. The summed E-state index contributed by atoms with van der Waals surface area (Å²) in [6.45, 7) is 0.516. The molecule has 0 unspecified atom stereocenters. The van der Waals surface area contributed by atoms with E-state index >= 15 is 0 Å². The molecule has 1 aromatic rings. The molecule has 1 amide bonds. The summed E-state index contributed by atoms with van der Waals surface area (Å²) in [5, 5.41) is 20.5. The first kappa shape index (κ1) is 18.9. The maximum Gasteiger partial charge on any atom is 0.312 e. The average molecular weight is 359 g/mol. The first-order valence-electron chi connectivity index (χ1n) is 9.74. The number of likely N-dealkylation sites (tertiary alicyclic amines) is 1. The Kier molecular flexibility index (Phi) is 5.97. The number of aliphatic hydroxyl groups is 1. The van der Waals surface area contributed by atoms with Crippen molar-refractivity contribution in [2.75, 3.05) is 13.1 Å². The molecule has 1 saturated heterocycles. The van der Waals surface area contributed by atoms with Gasteiger partial charge in [-0.1, -0.05) is 56.0 Å². The third-order valence-corrected chi connectivity index (χ3v) is 6.24. The quantitative estimate of drug-likeness (QED) is 0.819. The summed E-state index contributed by atoms with van der Waals surface area (Å²) in [6.07, 6.45) is 5.91. The summed E-state index contributed by atoms with van der Waals surface area (Å²) in [5.41, 5.74) is -0.321. The SMILES string of the molecule is O=C(CCC1CCCC1)N1CC[C@](Cc2ccccc2)(C(=O)O)[C@@H](O)C1. The number of carbonyl (C=O) groups is 2. The number of benzene rings is 1. The Morgan fingerprint density at radius 2 is 1.85 bits per heavy atom. The van der Waals surface area contributed by atoms with Crippen LogP contribution in [-0.4, -0.2) is 46.2 Å². The standard InChI is InChI=1S/C21H29NO4/c23-18-15-22(19(24)11-10-16-6-4-5-7-16)13-12-21(18,20(25)26)14-17-8-2-1-3-9-17/h1-3,8-9,16,18,23H,4-7,10-15H2,(H,25,26)/t18-,21+/m0/s1. The predicted molar refractivity (Wildman–Crippen MR) is 98.6 cm³/mol. The van der Waals surface area contributed by atoms with Crippen molar-refractivity contribution < 1.29 is 19.8 Å². The van der Waals surface area contributed by atoms with Crippen LogP contribution in [0.25, 0.3) is 0 Å². The summed E-state index contributed by atoms with van der Waals surface area (Å²) in [7, 11) is 0. The van der Waals surface area contributed by atoms with Gasteiger partial charge in [-0.2, -0.15) is 0 Å². The van der Waals surface area contributed by atoms with E-state index in [0.29, 0.717) is 18.9 Å². The van der Waals surface area contributed by atoms with E-state index in [1.165, 1.54) is 25.7 Å². The number of aliphatic hydroxyl groups excluding tert-OH is 1. The molecule has 2 atom stereocenters. The maximum atomic E-state index is 12.5. The number of rotatable bonds is 6. The molecule has 1 saturated carbocycles. The van der Waals surface area contributed by atoms with E-state index in [0.717, 1.165) is 12.0 Å². The smallest absolute Gasteiger partial charge is 0.312 e.